The number of benzene rings is 2. The molecular weight excluding hydrogens is 466 g/mol. The smallest absolute Gasteiger partial charge is 0.236 e. The standard InChI is InChI=1S/C26H33N3O5S/c30-26(27-12-14-29(15-13-27)35(31,32)20-21-6-2-1-3-7-21)19-28-11-4-8-23(28)22-9-10-24-25(18-22)34-17-5-16-33-24/h1-3,6-7,9-10,18,23H,4-5,8,11-17,19-20H2. The Morgan fingerprint density at radius 1 is 0.886 bits per heavy atom. The molecule has 9 heteroatoms. The fourth-order valence-corrected chi connectivity index (χ4v) is 6.66. The normalized spacial score (nSPS) is 21.6. The summed E-state index contributed by atoms with van der Waals surface area (Å²) in [5, 5.41) is 0. The van der Waals surface area contributed by atoms with E-state index in [1.807, 2.05) is 36.4 Å². The van der Waals surface area contributed by atoms with Crippen molar-refractivity contribution >= 4 is 15.9 Å². The zero-order valence-electron chi connectivity index (χ0n) is 20.0. The van der Waals surface area contributed by atoms with Gasteiger partial charge in [-0.15, -0.1) is 0 Å². The first-order chi connectivity index (χ1) is 17.0. The molecule has 1 amide bonds. The molecule has 3 aliphatic heterocycles. The number of rotatable bonds is 6. The molecule has 2 aromatic rings. The van der Waals surface area contributed by atoms with Gasteiger partial charge in [-0.1, -0.05) is 36.4 Å². The van der Waals surface area contributed by atoms with E-state index in [2.05, 4.69) is 17.0 Å². The van der Waals surface area contributed by atoms with Crippen LogP contribution in [-0.4, -0.2) is 80.9 Å². The fourth-order valence-electron chi connectivity index (χ4n) is 5.15. The largest absolute Gasteiger partial charge is 0.490 e. The van der Waals surface area contributed by atoms with Crippen LogP contribution in [0.25, 0.3) is 0 Å². The van der Waals surface area contributed by atoms with E-state index in [0.29, 0.717) is 45.9 Å². The van der Waals surface area contributed by atoms with Gasteiger partial charge < -0.3 is 14.4 Å². The highest BCUT2D eigenvalue weighted by Crippen LogP contribution is 2.37. The lowest BCUT2D eigenvalue weighted by Crippen LogP contribution is -2.52. The molecule has 0 saturated carbocycles. The summed E-state index contributed by atoms with van der Waals surface area (Å²) in [5.74, 6) is 1.62. The average Bonchev–Trinajstić information content (AvgIpc) is 3.19. The van der Waals surface area contributed by atoms with Crippen LogP contribution in [-0.2, 0) is 20.6 Å². The highest BCUT2D eigenvalue weighted by molar-refractivity contribution is 7.88. The highest BCUT2D eigenvalue weighted by atomic mass is 32.2. The summed E-state index contributed by atoms with van der Waals surface area (Å²) >= 11 is 0. The summed E-state index contributed by atoms with van der Waals surface area (Å²) in [6.07, 6.45) is 2.91. The van der Waals surface area contributed by atoms with E-state index in [-0.39, 0.29) is 17.7 Å². The van der Waals surface area contributed by atoms with Crippen LogP contribution in [0.15, 0.2) is 48.5 Å². The Morgan fingerprint density at radius 3 is 2.40 bits per heavy atom. The van der Waals surface area contributed by atoms with Crippen LogP contribution in [0.1, 0.15) is 36.4 Å². The van der Waals surface area contributed by atoms with Gasteiger partial charge in [0.25, 0.3) is 0 Å². The van der Waals surface area contributed by atoms with E-state index >= 15 is 0 Å². The molecule has 188 valence electrons. The number of hydrogen-bond donors (Lipinski definition) is 0. The van der Waals surface area contributed by atoms with Crippen molar-refractivity contribution in [2.45, 2.75) is 31.1 Å². The predicted octanol–water partition coefficient (Wildman–Crippen LogP) is 2.66. The van der Waals surface area contributed by atoms with Crippen molar-refractivity contribution in [2.75, 3.05) is 52.5 Å². The molecule has 1 atom stereocenters. The van der Waals surface area contributed by atoms with Crippen molar-refractivity contribution in [2.24, 2.45) is 0 Å². The molecule has 2 aromatic carbocycles. The second-order valence-electron chi connectivity index (χ2n) is 9.41. The molecule has 8 nitrogen and oxygen atoms in total. The summed E-state index contributed by atoms with van der Waals surface area (Å²) in [4.78, 5) is 17.2. The lowest BCUT2D eigenvalue weighted by molar-refractivity contribution is -0.133. The Morgan fingerprint density at radius 2 is 1.63 bits per heavy atom. The minimum absolute atomic E-state index is 0.00717. The van der Waals surface area contributed by atoms with E-state index in [9.17, 15) is 13.2 Å². The van der Waals surface area contributed by atoms with Gasteiger partial charge in [-0.05, 0) is 42.6 Å². The van der Waals surface area contributed by atoms with E-state index in [1.165, 1.54) is 4.31 Å². The topological polar surface area (TPSA) is 79.4 Å². The molecule has 2 fully saturated rings. The molecule has 3 heterocycles. The van der Waals surface area contributed by atoms with E-state index in [0.717, 1.165) is 48.4 Å². The van der Waals surface area contributed by atoms with Crippen LogP contribution in [0.2, 0.25) is 0 Å². The van der Waals surface area contributed by atoms with Crippen LogP contribution in [0, 0.1) is 0 Å². The first-order valence-electron chi connectivity index (χ1n) is 12.4. The Bertz CT molecular complexity index is 1130. The number of amides is 1. The first kappa shape index (κ1) is 24.1. The molecule has 0 bridgehead atoms. The van der Waals surface area contributed by atoms with Gasteiger partial charge in [0.1, 0.15) is 0 Å². The molecule has 0 spiro atoms. The number of nitrogens with zero attached hydrogens (tertiary/aromatic N) is 3. The second kappa shape index (κ2) is 10.6. The Kier molecular flexibility index (Phi) is 7.27. The predicted molar refractivity (Wildman–Crippen MR) is 133 cm³/mol. The number of carbonyl (C=O) groups excluding carboxylic acids is 1. The number of likely N-dealkylation sites (tertiary alicyclic amines) is 1. The molecular formula is C26H33N3O5S. The third kappa shape index (κ3) is 5.63. The fraction of sp³-hybridized carbons (Fsp3) is 0.500. The van der Waals surface area contributed by atoms with E-state index in [4.69, 9.17) is 9.47 Å². The maximum Gasteiger partial charge on any atom is 0.236 e. The van der Waals surface area contributed by atoms with Gasteiger partial charge >= 0.3 is 0 Å². The van der Waals surface area contributed by atoms with Crippen LogP contribution < -0.4 is 9.47 Å². The lowest BCUT2D eigenvalue weighted by atomic mass is 10.0. The molecule has 0 aromatic heterocycles. The number of fused-ring (bicyclic) bond motifs is 1. The molecule has 0 aliphatic carbocycles. The Balaban J connectivity index is 1.17. The number of piperazine rings is 1. The maximum absolute atomic E-state index is 13.1. The van der Waals surface area contributed by atoms with Crippen LogP contribution in [0.5, 0.6) is 11.5 Å². The zero-order chi connectivity index (χ0) is 24.3. The van der Waals surface area contributed by atoms with E-state index < -0.39 is 10.0 Å². The third-order valence-electron chi connectivity index (χ3n) is 7.03. The average molecular weight is 500 g/mol. The van der Waals surface area contributed by atoms with Gasteiger partial charge in [0.05, 0.1) is 25.5 Å². The Hall–Kier alpha value is -2.62. The quantitative estimate of drug-likeness (QED) is 0.608. The molecule has 2 saturated heterocycles. The Labute approximate surface area is 207 Å². The number of sulfonamides is 1. The first-order valence-corrected chi connectivity index (χ1v) is 14.0. The number of carbonyl (C=O) groups is 1. The van der Waals surface area contributed by atoms with Crippen LogP contribution in [0.3, 0.4) is 0 Å². The summed E-state index contributed by atoms with van der Waals surface area (Å²) in [7, 11) is -3.40. The van der Waals surface area contributed by atoms with Gasteiger partial charge in [0, 0.05) is 38.6 Å². The second-order valence-corrected chi connectivity index (χ2v) is 11.4. The van der Waals surface area contributed by atoms with E-state index in [1.54, 1.807) is 4.90 Å². The monoisotopic (exact) mass is 499 g/mol. The van der Waals surface area contributed by atoms with Crippen molar-refractivity contribution in [1.82, 2.24) is 14.1 Å². The van der Waals surface area contributed by atoms with Crippen molar-refractivity contribution in [1.29, 1.82) is 0 Å². The van der Waals surface area contributed by atoms with Gasteiger partial charge in [0.15, 0.2) is 11.5 Å². The maximum atomic E-state index is 13.1. The summed E-state index contributed by atoms with van der Waals surface area (Å²) in [6, 6.07) is 15.5. The highest BCUT2D eigenvalue weighted by Gasteiger charge is 2.33. The molecule has 35 heavy (non-hydrogen) atoms. The number of ether oxygens (including phenoxy) is 2. The minimum Gasteiger partial charge on any atom is -0.490 e. The van der Waals surface area contributed by atoms with Crippen molar-refractivity contribution in [3.63, 3.8) is 0 Å². The van der Waals surface area contributed by atoms with Crippen molar-refractivity contribution in [3.8, 4) is 11.5 Å². The summed E-state index contributed by atoms with van der Waals surface area (Å²) < 4.78 is 38.8. The molecule has 3 aliphatic rings. The van der Waals surface area contributed by atoms with Crippen molar-refractivity contribution < 1.29 is 22.7 Å². The molecule has 5 rings (SSSR count). The van der Waals surface area contributed by atoms with Gasteiger partial charge in [-0.3, -0.25) is 9.69 Å². The summed E-state index contributed by atoms with van der Waals surface area (Å²) in [5.41, 5.74) is 1.93. The molecule has 0 N–H and O–H groups in total. The van der Waals surface area contributed by atoms with Gasteiger partial charge in [-0.25, -0.2) is 8.42 Å². The SMILES string of the molecule is O=C(CN1CCCC1c1ccc2c(c1)OCCCO2)N1CCN(S(=O)(=O)Cc2ccccc2)CC1. The van der Waals surface area contributed by atoms with Crippen LogP contribution in [0.4, 0.5) is 0 Å². The summed E-state index contributed by atoms with van der Waals surface area (Å²) in [6.45, 7) is 4.06. The molecule has 1 unspecified atom stereocenters. The zero-order valence-corrected chi connectivity index (χ0v) is 20.8. The van der Waals surface area contributed by atoms with Gasteiger partial charge in [-0.2, -0.15) is 4.31 Å². The lowest BCUT2D eigenvalue weighted by Gasteiger charge is -2.35. The van der Waals surface area contributed by atoms with Gasteiger partial charge in [0.2, 0.25) is 15.9 Å². The third-order valence-corrected chi connectivity index (χ3v) is 8.89. The minimum atomic E-state index is -3.40. The van der Waals surface area contributed by atoms with Crippen LogP contribution >= 0.6 is 0 Å². The van der Waals surface area contributed by atoms with Crippen molar-refractivity contribution in [3.05, 3.63) is 59.7 Å². The molecule has 0 radical (unpaired) electrons. The number of hydrogen-bond acceptors (Lipinski definition) is 6.